The van der Waals surface area contributed by atoms with Crippen LogP contribution in [0.25, 0.3) is 0 Å². The predicted octanol–water partition coefficient (Wildman–Crippen LogP) is 2.62. The van der Waals surface area contributed by atoms with E-state index in [-0.39, 0.29) is 12.2 Å². The number of esters is 2. The van der Waals surface area contributed by atoms with Gasteiger partial charge in [0.1, 0.15) is 5.60 Å². The largest absolute Gasteiger partial charge is 0.457 e. The third-order valence-corrected chi connectivity index (χ3v) is 4.98. The molecule has 0 aromatic rings. The zero-order valence-corrected chi connectivity index (χ0v) is 12.0. The third-order valence-electron chi connectivity index (χ3n) is 4.98. The molecule has 4 aliphatic rings. The summed E-state index contributed by atoms with van der Waals surface area (Å²) in [4.78, 5) is 23.2. The van der Waals surface area contributed by atoms with Gasteiger partial charge in [0.15, 0.2) is 6.61 Å². The maximum Gasteiger partial charge on any atom is 0.344 e. The van der Waals surface area contributed by atoms with Crippen molar-refractivity contribution in [3.05, 3.63) is 12.2 Å². The van der Waals surface area contributed by atoms with Crippen LogP contribution in [0.4, 0.5) is 0 Å². The van der Waals surface area contributed by atoms with Gasteiger partial charge >= 0.3 is 11.9 Å². The molecule has 0 amide bonds. The van der Waals surface area contributed by atoms with Crippen molar-refractivity contribution in [1.29, 1.82) is 0 Å². The summed E-state index contributed by atoms with van der Waals surface area (Å²) < 4.78 is 10.6. The zero-order chi connectivity index (χ0) is 14.3. The van der Waals surface area contributed by atoms with Crippen molar-refractivity contribution < 1.29 is 19.1 Å². The minimum Gasteiger partial charge on any atom is -0.457 e. The van der Waals surface area contributed by atoms with Crippen LogP contribution in [0.5, 0.6) is 0 Å². The van der Waals surface area contributed by atoms with Crippen LogP contribution in [0.3, 0.4) is 0 Å². The molecule has 0 radical (unpaired) electrons. The summed E-state index contributed by atoms with van der Waals surface area (Å²) in [7, 11) is 0. The van der Waals surface area contributed by atoms with E-state index in [9.17, 15) is 9.59 Å². The summed E-state index contributed by atoms with van der Waals surface area (Å²) in [6, 6.07) is 0. The Morgan fingerprint density at radius 2 is 1.60 bits per heavy atom. The van der Waals surface area contributed by atoms with Crippen molar-refractivity contribution in [3.63, 3.8) is 0 Å². The Bertz CT molecular complexity index is 416. The van der Waals surface area contributed by atoms with Crippen LogP contribution >= 0.6 is 0 Å². The molecule has 0 saturated heterocycles. The lowest BCUT2D eigenvalue weighted by molar-refractivity contribution is -0.191. The van der Waals surface area contributed by atoms with E-state index >= 15 is 0 Å². The molecule has 4 nitrogen and oxygen atoms in total. The molecule has 0 unspecified atom stereocenters. The van der Waals surface area contributed by atoms with E-state index in [0.29, 0.717) is 5.57 Å². The molecular weight excluding hydrogens is 256 g/mol. The molecule has 0 aromatic heterocycles. The average molecular weight is 278 g/mol. The number of rotatable bonds is 4. The molecule has 0 spiro atoms. The van der Waals surface area contributed by atoms with Crippen molar-refractivity contribution in [2.45, 2.75) is 51.0 Å². The number of carbonyl (C=O) groups excluding carboxylic acids is 2. The molecule has 4 rings (SSSR count). The summed E-state index contributed by atoms with van der Waals surface area (Å²) in [5.41, 5.74) is 0.0363. The number of carbonyl (C=O) groups is 2. The second-order valence-electron chi connectivity index (χ2n) is 6.93. The molecule has 0 aliphatic heterocycles. The van der Waals surface area contributed by atoms with E-state index in [1.807, 2.05) is 0 Å². The molecule has 4 heteroatoms. The van der Waals surface area contributed by atoms with Crippen molar-refractivity contribution in [2.75, 3.05) is 6.61 Å². The first-order chi connectivity index (χ1) is 9.46. The molecule has 0 aromatic carbocycles. The van der Waals surface area contributed by atoms with E-state index in [2.05, 4.69) is 6.58 Å². The molecule has 20 heavy (non-hydrogen) atoms. The molecule has 4 fully saturated rings. The van der Waals surface area contributed by atoms with Crippen molar-refractivity contribution >= 4 is 11.9 Å². The van der Waals surface area contributed by atoms with Gasteiger partial charge in [0.2, 0.25) is 0 Å². The van der Waals surface area contributed by atoms with E-state index in [1.165, 1.54) is 19.3 Å². The fourth-order valence-corrected chi connectivity index (χ4v) is 4.67. The van der Waals surface area contributed by atoms with Gasteiger partial charge in [-0.05, 0) is 63.2 Å². The van der Waals surface area contributed by atoms with E-state index in [0.717, 1.165) is 37.0 Å². The van der Waals surface area contributed by atoms with Gasteiger partial charge < -0.3 is 9.47 Å². The highest BCUT2D eigenvalue weighted by Crippen LogP contribution is 2.57. The highest BCUT2D eigenvalue weighted by atomic mass is 16.6. The fraction of sp³-hybridized carbons (Fsp3) is 0.750. The van der Waals surface area contributed by atoms with Gasteiger partial charge in [-0.2, -0.15) is 0 Å². The van der Waals surface area contributed by atoms with Crippen LogP contribution in [-0.2, 0) is 19.1 Å². The summed E-state index contributed by atoms with van der Waals surface area (Å²) in [5, 5.41) is 0. The summed E-state index contributed by atoms with van der Waals surface area (Å²) in [6.07, 6.45) is 6.92. The average Bonchev–Trinajstić information content (AvgIpc) is 2.33. The lowest BCUT2D eigenvalue weighted by Gasteiger charge is -2.55. The first kappa shape index (κ1) is 13.7. The maximum atomic E-state index is 11.9. The monoisotopic (exact) mass is 278 g/mol. The van der Waals surface area contributed by atoms with E-state index in [4.69, 9.17) is 9.47 Å². The lowest BCUT2D eigenvalue weighted by Crippen LogP contribution is -2.53. The van der Waals surface area contributed by atoms with E-state index < -0.39 is 11.9 Å². The Labute approximate surface area is 119 Å². The molecule has 4 bridgehead atoms. The molecule has 0 atom stereocenters. The smallest absolute Gasteiger partial charge is 0.344 e. The minimum absolute atomic E-state index is 0.262. The Morgan fingerprint density at radius 3 is 2.05 bits per heavy atom. The number of hydrogen-bond acceptors (Lipinski definition) is 4. The highest BCUT2D eigenvalue weighted by Gasteiger charge is 2.53. The molecular formula is C16H22O4. The van der Waals surface area contributed by atoms with Crippen LogP contribution in [-0.4, -0.2) is 24.1 Å². The Morgan fingerprint density at radius 1 is 1.10 bits per heavy atom. The zero-order valence-electron chi connectivity index (χ0n) is 12.0. The molecule has 4 saturated carbocycles. The van der Waals surface area contributed by atoms with Gasteiger partial charge in [-0.1, -0.05) is 6.58 Å². The highest BCUT2D eigenvalue weighted by molar-refractivity contribution is 5.88. The Kier molecular flexibility index (Phi) is 3.35. The second-order valence-corrected chi connectivity index (χ2v) is 6.93. The van der Waals surface area contributed by atoms with Gasteiger partial charge in [-0.3, -0.25) is 0 Å². The van der Waals surface area contributed by atoms with Crippen molar-refractivity contribution in [3.8, 4) is 0 Å². The maximum absolute atomic E-state index is 11.9. The molecule has 4 aliphatic carbocycles. The molecule has 110 valence electrons. The van der Waals surface area contributed by atoms with Crippen LogP contribution in [0.2, 0.25) is 0 Å². The summed E-state index contributed by atoms with van der Waals surface area (Å²) >= 11 is 0. The van der Waals surface area contributed by atoms with Gasteiger partial charge in [0.05, 0.1) is 0 Å². The third kappa shape index (κ3) is 2.60. The van der Waals surface area contributed by atoms with Crippen LogP contribution in [0, 0.1) is 17.8 Å². The first-order valence-electron chi connectivity index (χ1n) is 7.50. The number of ether oxygens (including phenoxy) is 2. The normalized spacial score (nSPS) is 37.5. The van der Waals surface area contributed by atoms with Crippen LogP contribution in [0.15, 0.2) is 12.2 Å². The van der Waals surface area contributed by atoms with Gasteiger partial charge in [-0.25, -0.2) is 9.59 Å². The standard InChI is InChI=1S/C16H22O4/c1-10(2)15(18)19-9-14(17)20-16-6-11-3-12(7-16)5-13(4-11)8-16/h11-13H,1,3-9H2,2H3. The van der Waals surface area contributed by atoms with Gasteiger partial charge in [-0.15, -0.1) is 0 Å². The SMILES string of the molecule is C=C(C)C(=O)OCC(=O)OC12CC3CC(CC(C3)C1)C2. The van der Waals surface area contributed by atoms with Crippen LogP contribution in [0.1, 0.15) is 45.4 Å². The Hall–Kier alpha value is -1.32. The second kappa shape index (κ2) is 4.90. The minimum atomic E-state index is -0.535. The van der Waals surface area contributed by atoms with E-state index in [1.54, 1.807) is 6.92 Å². The molecule has 0 N–H and O–H groups in total. The summed E-state index contributed by atoms with van der Waals surface area (Å²) in [6.45, 7) is 4.75. The Balaban J connectivity index is 1.56. The van der Waals surface area contributed by atoms with Crippen LogP contribution < -0.4 is 0 Å². The lowest BCUT2D eigenvalue weighted by atomic mass is 9.54. The summed E-state index contributed by atoms with van der Waals surface area (Å²) in [5.74, 6) is 1.24. The quantitative estimate of drug-likeness (QED) is 0.586. The predicted molar refractivity (Wildman–Crippen MR) is 72.8 cm³/mol. The van der Waals surface area contributed by atoms with Crippen molar-refractivity contribution in [1.82, 2.24) is 0 Å². The fourth-order valence-electron chi connectivity index (χ4n) is 4.67. The van der Waals surface area contributed by atoms with Gasteiger partial charge in [0, 0.05) is 5.57 Å². The first-order valence-corrected chi connectivity index (χ1v) is 7.50. The van der Waals surface area contributed by atoms with Gasteiger partial charge in [0.25, 0.3) is 0 Å². The topological polar surface area (TPSA) is 52.6 Å². The van der Waals surface area contributed by atoms with Crippen molar-refractivity contribution in [2.24, 2.45) is 17.8 Å². The number of hydrogen-bond donors (Lipinski definition) is 0. The molecule has 0 heterocycles.